The van der Waals surface area contributed by atoms with Gasteiger partial charge in [-0.1, -0.05) is 24.3 Å². The molecule has 0 bridgehead atoms. The largest absolute Gasteiger partial charge is 0.370 e. The Morgan fingerprint density at radius 3 is 2.86 bits per heavy atom. The van der Waals surface area contributed by atoms with Crippen molar-refractivity contribution in [1.82, 2.24) is 9.97 Å². The van der Waals surface area contributed by atoms with Gasteiger partial charge >= 0.3 is 5.69 Å². The van der Waals surface area contributed by atoms with Crippen LogP contribution in [0, 0.1) is 0 Å². The molecule has 0 saturated carbocycles. The van der Waals surface area contributed by atoms with E-state index in [9.17, 15) is 9.59 Å². The number of fused-ring (bicyclic) bond motifs is 3. The van der Waals surface area contributed by atoms with E-state index in [1.165, 1.54) is 11.1 Å². The lowest BCUT2D eigenvalue weighted by molar-refractivity contribution is -0.0709. The summed E-state index contributed by atoms with van der Waals surface area (Å²) in [5.74, 6) is 0. The summed E-state index contributed by atoms with van der Waals surface area (Å²) >= 11 is 0. The fraction of sp³-hybridized carbons (Fsp3) is 0.375. The predicted octanol–water partition coefficient (Wildman–Crippen LogP) is 1.02. The van der Waals surface area contributed by atoms with Gasteiger partial charge in [-0.2, -0.15) is 0 Å². The first kappa shape index (κ1) is 12.6. The number of hydrogen-bond acceptors (Lipinski definition) is 3. The van der Waals surface area contributed by atoms with E-state index >= 15 is 0 Å². The summed E-state index contributed by atoms with van der Waals surface area (Å²) in [7, 11) is 0. The zero-order valence-electron chi connectivity index (χ0n) is 11.6. The quantitative estimate of drug-likeness (QED) is 0.758. The second kappa shape index (κ2) is 4.43. The molecule has 1 aromatic heterocycles. The average Bonchev–Trinajstić information content (AvgIpc) is 2.47. The highest BCUT2D eigenvalue weighted by Gasteiger charge is 2.41. The number of aromatic nitrogens is 2. The molecule has 1 spiro atoms. The summed E-state index contributed by atoms with van der Waals surface area (Å²) in [6.07, 6.45) is 2.86. The van der Waals surface area contributed by atoms with Gasteiger partial charge in [0.2, 0.25) is 0 Å². The van der Waals surface area contributed by atoms with Gasteiger partial charge in [-0.15, -0.1) is 0 Å². The van der Waals surface area contributed by atoms with Crippen LogP contribution in [0.4, 0.5) is 0 Å². The summed E-state index contributed by atoms with van der Waals surface area (Å²) < 4.78 is 6.14. The fourth-order valence-electron chi connectivity index (χ4n) is 3.65. The Morgan fingerprint density at radius 1 is 1.10 bits per heavy atom. The average molecular weight is 284 g/mol. The minimum Gasteiger partial charge on any atom is -0.370 e. The van der Waals surface area contributed by atoms with Gasteiger partial charge in [-0.3, -0.25) is 9.78 Å². The standard InChI is InChI=1S/C16H16N2O3/c19-14-11-5-7-16(9-13(11)17-15(20)18-14)12-4-2-1-3-10(12)6-8-21-16/h1-4H,5-9H2,(H2,17,18,19,20). The number of nitrogens with one attached hydrogen (secondary N) is 2. The molecule has 1 atom stereocenters. The maximum absolute atomic E-state index is 11.9. The molecule has 5 nitrogen and oxygen atoms in total. The topological polar surface area (TPSA) is 75.0 Å². The number of aromatic amines is 2. The molecule has 0 radical (unpaired) electrons. The van der Waals surface area contributed by atoms with E-state index in [1.807, 2.05) is 12.1 Å². The number of H-pyrrole nitrogens is 2. The maximum Gasteiger partial charge on any atom is 0.325 e. The molecule has 108 valence electrons. The predicted molar refractivity (Wildman–Crippen MR) is 77.5 cm³/mol. The van der Waals surface area contributed by atoms with Crippen LogP contribution >= 0.6 is 0 Å². The fourth-order valence-corrected chi connectivity index (χ4v) is 3.65. The molecular weight excluding hydrogens is 268 g/mol. The van der Waals surface area contributed by atoms with Gasteiger partial charge in [0.15, 0.2) is 0 Å². The van der Waals surface area contributed by atoms with Crippen LogP contribution in [0.15, 0.2) is 33.9 Å². The molecule has 4 rings (SSSR count). The molecule has 1 unspecified atom stereocenters. The minimum atomic E-state index is -0.445. The third kappa shape index (κ3) is 1.88. The highest BCUT2D eigenvalue weighted by atomic mass is 16.5. The first-order valence-corrected chi connectivity index (χ1v) is 7.25. The molecule has 1 aliphatic heterocycles. The summed E-state index contributed by atoms with van der Waals surface area (Å²) in [5.41, 5.74) is 2.78. The van der Waals surface area contributed by atoms with Crippen LogP contribution in [-0.4, -0.2) is 16.6 Å². The highest BCUT2D eigenvalue weighted by Crippen LogP contribution is 2.42. The smallest absolute Gasteiger partial charge is 0.325 e. The molecule has 2 aromatic rings. The molecule has 2 aliphatic rings. The summed E-state index contributed by atoms with van der Waals surface area (Å²) in [4.78, 5) is 28.5. The van der Waals surface area contributed by atoms with Gasteiger partial charge in [0.05, 0.1) is 12.2 Å². The maximum atomic E-state index is 11.9. The van der Waals surface area contributed by atoms with Gasteiger partial charge < -0.3 is 9.72 Å². The van der Waals surface area contributed by atoms with E-state index in [4.69, 9.17) is 4.74 Å². The van der Waals surface area contributed by atoms with Crippen molar-refractivity contribution in [2.45, 2.75) is 31.3 Å². The number of rotatable bonds is 0. The normalized spacial score (nSPS) is 23.6. The van der Waals surface area contributed by atoms with E-state index in [-0.39, 0.29) is 5.56 Å². The number of benzene rings is 1. The molecular formula is C16H16N2O3. The monoisotopic (exact) mass is 284 g/mol. The van der Waals surface area contributed by atoms with Gasteiger partial charge in [0.25, 0.3) is 5.56 Å². The van der Waals surface area contributed by atoms with E-state index in [2.05, 4.69) is 22.1 Å². The number of ether oxygens (including phenoxy) is 1. The van der Waals surface area contributed by atoms with Crippen LogP contribution in [0.2, 0.25) is 0 Å². The molecule has 2 heterocycles. The Morgan fingerprint density at radius 2 is 1.95 bits per heavy atom. The number of hydrogen-bond donors (Lipinski definition) is 2. The van der Waals surface area contributed by atoms with Crippen molar-refractivity contribution in [3.8, 4) is 0 Å². The Hall–Kier alpha value is -2.14. The second-order valence-electron chi connectivity index (χ2n) is 5.79. The lowest BCUT2D eigenvalue weighted by Crippen LogP contribution is -2.43. The molecule has 1 aromatic carbocycles. The SMILES string of the molecule is O=c1[nH]c2c(c(=O)[nH]1)CCC1(C2)OCCc2ccccc21. The minimum absolute atomic E-state index is 0.271. The Bertz CT molecular complexity index is 821. The first-order chi connectivity index (χ1) is 10.2. The van der Waals surface area contributed by atoms with Crippen molar-refractivity contribution in [2.75, 3.05) is 6.61 Å². The third-order valence-electron chi connectivity index (χ3n) is 4.63. The highest BCUT2D eigenvalue weighted by molar-refractivity contribution is 5.38. The Labute approximate surface area is 121 Å². The van der Waals surface area contributed by atoms with Crippen molar-refractivity contribution in [3.05, 3.63) is 67.5 Å². The third-order valence-corrected chi connectivity index (χ3v) is 4.63. The zero-order valence-corrected chi connectivity index (χ0v) is 11.6. The summed E-state index contributed by atoms with van der Waals surface area (Å²) in [6, 6.07) is 8.30. The zero-order chi connectivity index (χ0) is 14.4. The van der Waals surface area contributed by atoms with Crippen molar-refractivity contribution in [3.63, 3.8) is 0 Å². The van der Waals surface area contributed by atoms with Crippen molar-refractivity contribution in [1.29, 1.82) is 0 Å². The van der Waals surface area contributed by atoms with E-state index in [0.29, 0.717) is 30.7 Å². The Balaban J connectivity index is 1.86. The van der Waals surface area contributed by atoms with Gasteiger partial charge in [0.1, 0.15) is 0 Å². The van der Waals surface area contributed by atoms with Gasteiger partial charge in [-0.05, 0) is 30.4 Å². The van der Waals surface area contributed by atoms with Crippen LogP contribution < -0.4 is 11.2 Å². The van der Waals surface area contributed by atoms with Crippen LogP contribution in [0.3, 0.4) is 0 Å². The first-order valence-electron chi connectivity index (χ1n) is 7.25. The van der Waals surface area contributed by atoms with E-state index < -0.39 is 11.3 Å². The molecule has 5 heteroatoms. The molecule has 0 fully saturated rings. The van der Waals surface area contributed by atoms with E-state index in [1.54, 1.807) is 0 Å². The van der Waals surface area contributed by atoms with Gasteiger partial charge in [0, 0.05) is 17.7 Å². The molecule has 2 N–H and O–H groups in total. The second-order valence-corrected chi connectivity index (χ2v) is 5.79. The molecule has 0 saturated heterocycles. The van der Waals surface area contributed by atoms with E-state index in [0.717, 1.165) is 12.8 Å². The molecule has 1 aliphatic carbocycles. The van der Waals surface area contributed by atoms with Crippen LogP contribution in [0.1, 0.15) is 28.8 Å². The van der Waals surface area contributed by atoms with Crippen LogP contribution in [-0.2, 0) is 29.6 Å². The summed E-state index contributed by atoms with van der Waals surface area (Å²) in [5, 5.41) is 0. The Kier molecular flexibility index (Phi) is 2.65. The van der Waals surface area contributed by atoms with Crippen LogP contribution in [0.25, 0.3) is 0 Å². The van der Waals surface area contributed by atoms with Crippen molar-refractivity contribution >= 4 is 0 Å². The summed E-state index contributed by atoms with van der Waals surface area (Å²) in [6.45, 7) is 0.680. The van der Waals surface area contributed by atoms with Gasteiger partial charge in [-0.25, -0.2) is 4.79 Å². The van der Waals surface area contributed by atoms with Crippen molar-refractivity contribution < 1.29 is 4.74 Å². The lowest BCUT2D eigenvalue weighted by Gasteiger charge is -2.42. The van der Waals surface area contributed by atoms with Crippen molar-refractivity contribution in [2.24, 2.45) is 0 Å². The van der Waals surface area contributed by atoms with Crippen LogP contribution in [0.5, 0.6) is 0 Å². The molecule has 0 amide bonds. The lowest BCUT2D eigenvalue weighted by atomic mass is 9.75. The molecule has 21 heavy (non-hydrogen) atoms.